The molecule has 0 fully saturated rings. The Morgan fingerprint density at radius 1 is 1.05 bits per heavy atom. The van der Waals surface area contributed by atoms with Crippen molar-refractivity contribution in [1.29, 1.82) is 0 Å². The zero-order valence-corrected chi connectivity index (χ0v) is 10.9. The zero-order chi connectivity index (χ0) is 14.7. The molecule has 2 N–H and O–H groups in total. The summed E-state index contributed by atoms with van der Waals surface area (Å²) in [6.07, 6.45) is 0.534. The number of benzene rings is 2. The molecule has 0 heterocycles. The van der Waals surface area contributed by atoms with E-state index < -0.39 is 17.5 Å². The van der Waals surface area contributed by atoms with Gasteiger partial charge in [0.1, 0.15) is 17.4 Å². The number of ether oxygens (including phenoxy) is 1. The van der Waals surface area contributed by atoms with Crippen molar-refractivity contribution in [1.82, 2.24) is 0 Å². The molecule has 0 aliphatic carbocycles. The van der Waals surface area contributed by atoms with E-state index in [2.05, 4.69) is 0 Å². The Labute approximate surface area is 115 Å². The van der Waals surface area contributed by atoms with E-state index in [0.717, 1.165) is 23.8 Å². The maximum absolute atomic E-state index is 13.8. The summed E-state index contributed by atoms with van der Waals surface area (Å²) in [4.78, 5) is 0. The van der Waals surface area contributed by atoms with Crippen LogP contribution in [0.4, 0.5) is 13.2 Å². The van der Waals surface area contributed by atoms with Crippen LogP contribution in [0.15, 0.2) is 36.4 Å². The van der Waals surface area contributed by atoms with Crippen molar-refractivity contribution >= 4 is 0 Å². The van der Waals surface area contributed by atoms with Gasteiger partial charge in [-0.2, -0.15) is 0 Å². The molecule has 0 aromatic heterocycles. The Morgan fingerprint density at radius 2 is 1.70 bits per heavy atom. The van der Waals surface area contributed by atoms with Gasteiger partial charge in [-0.3, -0.25) is 0 Å². The second-order valence-corrected chi connectivity index (χ2v) is 4.65. The van der Waals surface area contributed by atoms with Gasteiger partial charge in [0.25, 0.3) is 0 Å². The van der Waals surface area contributed by atoms with Gasteiger partial charge in [-0.15, -0.1) is 0 Å². The summed E-state index contributed by atoms with van der Waals surface area (Å²) in [6.45, 7) is 1.82. The van der Waals surface area contributed by atoms with Gasteiger partial charge in [0.2, 0.25) is 0 Å². The Balaban J connectivity index is 2.21. The fourth-order valence-corrected chi connectivity index (χ4v) is 1.84. The van der Waals surface area contributed by atoms with Crippen molar-refractivity contribution < 1.29 is 17.9 Å². The monoisotopic (exact) mass is 281 g/mol. The van der Waals surface area contributed by atoms with Crippen molar-refractivity contribution in [2.24, 2.45) is 5.73 Å². The summed E-state index contributed by atoms with van der Waals surface area (Å²) < 4.78 is 45.0. The molecule has 1 unspecified atom stereocenters. The lowest BCUT2D eigenvalue weighted by atomic mass is 10.1. The molecule has 5 heteroatoms. The first-order chi connectivity index (χ1) is 9.44. The Bertz CT molecular complexity index is 594. The van der Waals surface area contributed by atoms with E-state index in [1.807, 2.05) is 6.92 Å². The van der Waals surface area contributed by atoms with Gasteiger partial charge >= 0.3 is 0 Å². The van der Waals surface area contributed by atoms with Gasteiger partial charge in [-0.25, -0.2) is 13.2 Å². The van der Waals surface area contributed by atoms with Crippen molar-refractivity contribution in [2.45, 2.75) is 19.4 Å². The second-order valence-electron chi connectivity index (χ2n) is 4.65. The molecule has 0 saturated heterocycles. The van der Waals surface area contributed by atoms with Crippen LogP contribution in [0.3, 0.4) is 0 Å². The van der Waals surface area contributed by atoms with Crippen molar-refractivity contribution in [2.75, 3.05) is 0 Å². The number of nitrogens with two attached hydrogens (primary N) is 1. The van der Waals surface area contributed by atoms with Gasteiger partial charge in [0.15, 0.2) is 11.6 Å². The molecule has 2 rings (SSSR count). The van der Waals surface area contributed by atoms with Gasteiger partial charge in [0.05, 0.1) is 0 Å². The van der Waals surface area contributed by atoms with Crippen LogP contribution in [0.2, 0.25) is 0 Å². The highest BCUT2D eigenvalue weighted by atomic mass is 19.1. The van der Waals surface area contributed by atoms with E-state index in [1.54, 1.807) is 6.07 Å². The Hall–Kier alpha value is -2.01. The molecule has 0 saturated carbocycles. The minimum atomic E-state index is -0.783. The summed E-state index contributed by atoms with van der Waals surface area (Å²) >= 11 is 0. The van der Waals surface area contributed by atoms with E-state index in [9.17, 15) is 13.2 Å². The average molecular weight is 281 g/mol. The van der Waals surface area contributed by atoms with E-state index in [0.29, 0.717) is 6.42 Å². The predicted molar refractivity (Wildman–Crippen MR) is 70.2 cm³/mol. The fourth-order valence-electron chi connectivity index (χ4n) is 1.84. The minimum Gasteiger partial charge on any atom is -0.454 e. The number of halogens is 3. The van der Waals surface area contributed by atoms with Crippen LogP contribution in [-0.2, 0) is 6.42 Å². The van der Waals surface area contributed by atoms with Crippen molar-refractivity contribution in [3.8, 4) is 11.5 Å². The molecule has 0 bridgehead atoms. The molecule has 106 valence electrons. The van der Waals surface area contributed by atoms with Crippen LogP contribution in [0.1, 0.15) is 12.5 Å². The lowest BCUT2D eigenvalue weighted by Crippen LogP contribution is -2.17. The van der Waals surface area contributed by atoms with Crippen molar-refractivity contribution in [3.05, 3.63) is 59.4 Å². The highest BCUT2D eigenvalue weighted by molar-refractivity contribution is 5.35. The summed E-state index contributed by atoms with van der Waals surface area (Å²) in [7, 11) is 0. The second kappa shape index (κ2) is 5.96. The molecule has 2 aromatic rings. The molecular weight excluding hydrogens is 267 g/mol. The molecule has 0 aliphatic heterocycles. The third kappa shape index (κ3) is 3.74. The van der Waals surface area contributed by atoms with Gasteiger partial charge < -0.3 is 10.5 Å². The molecule has 0 amide bonds. The first-order valence-electron chi connectivity index (χ1n) is 6.12. The topological polar surface area (TPSA) is 35.2 Å². The number of hydrogen-bond donors (Lipinski definition) is 1. The number of hydrogen-bond acceptors (Lipinski definition) is 2. The van der Waals surface area contributed by atoms with Crippen LogP contribution in [0.5, 0.6) is 11.5 Å². The van der Waals surface area contributed by atoms with Crippen LogP contribution in [0.25, 0.3) is 0 Å². The van der Waals surface area contributed by atoms with E-state index in [-0.39, 0.29) is 17.5 Å². The van der Waals surface area contributed by atoms with Crippen LogP contribution in [-0.4, -0.2) is 6.04 Å². The summed E-state index contributed by atoms with van der Waals surface area (Å²) in [5, 5.41) is 0. The van der Waals surface area contributed by atoms with Crippen LogP contribution < -0.4 is 10.5 Å². The fraction of sp³-hybridized carbons (Fsp3) is 0.200. The molecule has 0 aliphatic rings. The lowest BCUT2D eigenvalue weighted by molar-refractivity contribution is 0.433. The molecule has 0 radical (unpaired) electrons. The zero-order valence-electron chi connectivity index (χ0n) is 10.9. The molecule has 1 atom stereocenters. The van der Waals surface area contributed by atoms with Gasteiger partial charge in [-0.05, 0) is 31.0 Å². The van der Waals surface area contributed by atoms with Crippen LogP contribution in [0, 0.1) is 17.5 Å². The quantitative estimate of drug-likeness (QED) is 0.925. The molecule has 20 heavy (non-hydrogen) atoms. The first-order valence-corrected chi connectivity index (χ1v) is 6.12. The average Bonchev–Trinajstić information content (AvgIpc) is 2.30. The van der Waals surface area contributed by atoms with Gasteiger partial charge in [0, 0.05) is 24.2 Å². The third-order valence-corrected chi connectivity index (χ3v) is 2.62. The van der Waals surface area contributed by atoms with Crippen molar-refractivity contribution in [3.63, 3.8) is 0 Å². The Morgan fingerprint density at radius 3 is 2.25 bits per heavy atom. The highest BCUT2D eigenvalue weighted by Crippen LogP contribution is 2.26. The Kier molecular flexibility index (Phi) is 4.29. The maximum atomic E-state index is 13.8. The minimum absolute atomic E-state index is 0.0847. The predicted octanol–water partition coefficient (Wildman–Crippen LogP) is 3.79. The SMILES string of the molecule is CC(N)Cc1ccc(Oc2cc(F)cc(F)c2)c(F)c1. The third-order valence-electron chi connectivity index (χ3n) is 2.62. The molecule has 2 nitrogen and oxygen atoms in total. The molecular formula is C15H14F3NO. The first kappa shape index (κ1) is 14.4. The summed E-state index contributed by atoms with van der Waals surface area (Å²) in [5.41, 5.74) is 6.36. The van der Waals surface area contributed by atoms with E-state index >= 15 is 0 Å². The largest absolute Gasteiger partial charge is 0.454 e. The lowest BCUT2D eigenvalue weighted by Gasteiger charge is -2.10. The summed E-state index contributed by atoms with van der Waals surface area (Å²) in [5.74, 6) is -2.36. The van der Waals surface area contributed by atoms with Gasteiger partial charge in [-0.1, -0.05) is 6.07 Å². The summed E-state index contributed by atoms with van der Waals surface area (Å²) in [6, 6.07) is 6.98. The highest BCUT2D eigenvalue weighted by Gasteiger charge is 2.09. The normalized spacial score (nSPS) is 12.2. The molecule has 2 aromatic carbocycles. The molecule has 0 spiro atoms. The van der Waals surface area contributed by atoms with E-state index in [4.69, 9.17) is 10.5 Å². The number of rotatable bonds is 4. The van der Waals surface area contributed by atoms with Crippen LogP contribution >= 0.6 is 0 Å². The smallest absolute Gasteiger partial charge is 0.165 e. The van der Waals surface area contributed by atoms with E-state index in [1.165, 1.54) is 12.1 Å². The standard InChI is InChI=1S/C15H14F3NO/c1-9(19)4-10-2-3-15(14(18)5-10)20-13-7-11(16)6-12(17)8-13/h2-3,5-9H,4,19H2,1H3. The maximum Gasteiger partial charge on any atom is 0.165 e.